The zero-order chi connectivity index (χ0) is 18.1. The van der Waals surface area contributed by atoms with E-state index in [-0.39, 0.29) is 16.8 Å². The average Bonchev–Trinajstić information content (AvgIpc) is 3.32. The highest BCUT2D eigenvalue weighted by atomic mass is 32.2. The van der Waals surface area contributed by atoms with Crippen molar-refractivity contribution in [3.05, 3.63) is 48.5 Å². The smallest absolute Gasteiger partial charge is 0.229 e. The molecule has 1 N–H and O–H groups in total. The monoisotopic (exact) mass is 383 g/mol. The van der Waals surface area contributed by atoms with Gasteiger partial charge >= 0.3 is 0 Å². The molecule has 1 atom stereocenters. The van der Waals surface area contributed by atoms with Crippen LogP contribution in [0.1, 0.15) is 0 Å². The first-order valence-electron chi connectivity index (χ1n) is 7.41. The second-order valence-electron chi connectivity index (χ2n) is 5.71. The molecule has 0 amide bonds. The van der Waals surface area contributed by atoms with Gasteiger partial charge in [0.15, 0.2) is 9.84 Å². The molecule has 0 bridgehead atoms. The molecule has 0 aromatic heterocycles. The van der Waals surface area contributed by atoms with Crippen molar-refractivity contribution < 1.29 is 26.3 Å². The summed E-state index contributed by atoms with van der Waals surface area (Å²) in [7, 11) is -6.68. The maximum atomic E-state index is 12.1. The fourth-order valence-corrected chi connectivity index (χ4v) is 4.15. The van der Waals surface area contributed by atoms with E-state index in [1.165, 1.54) is 12.1 Å². The van der Waals surface area contributed by atoms with Crippen molar-refractivity contribution in [2.45, 2.75) is 11.0 Å². The van der Waals surface area contributed by atoms with Crippen LogP contribution in [0.4, 0.5) is 5.69 Å². The summed E-state index contributed by atoms with van der Waals surface area (Å²) in [6.45, 7) is 0.491. The van der Waals surface area contributed by atoms with Crippen molar-refractivity contribution in [2.24, 2.45) is 0 Å². The minimum absolute atomic E-state index is 0.0119. The molecule has 0 aliphatic carbocycles. The molecule has 1 heterocycles. The van der Waals surface area contributed by atoms with Crippen LogP contribution in [0.3, 0.4) is 0 Å². The summed E-state index contributed by atoms with van der Waals surface area (Å²) in [6, 6.07) is 12.5. The van der Waals surface area contributed by atoms with E-state index in [9.17, 15) is 16.8 Å². The Morgan fingerprint density at radius 2 is 1.52 bits per heavy atom. The molecule has 2 aromatic carbocycles. The van der Waals surface area contributed by atoms with E-state index in [1.54, 1.807) is 36.4 Å². The van der Waals surface area contributed by atoms with E-state index in [2.05, 4.69) is 4.72 Å². The van der Waals surface area contributed by atoms with E-state index >= 15 is 0 Å². The van der Waals surface area contributed by atoms with E-state index in [1.807, 2.05) is 0 Å². The molecule has 1 aliphatic rings. The highest BCUT2D eigenvalue weighted by Crippen LogP contribution is 2.26. The molecule has 3 rings (SSSR count). The van der Waals surface area contributed by atoms with Crippen LogP contribution in [-0.4, -0.2) is 41.6 Å². The average molecular weight is 383 g/mol. The van der Waals surface area contributed by atoms with Crippen LogP contribution in [0.25, 0.3) is 0 Å². The molecule has 7 nitrogen and oxygen atoms in total. The molecule has 0 saturated carbocycles. The molecular weight excluding hydrogens is 366 g/mol. The Bertz CT molecular complexity index is 947. The van der Waals surface area contributed by atoms with Crippen molar-refractivity contribution in [1.29, 1.82) is 0 Å². The largest absolute Gasteiger partial charge is 0.457 e. The number of rotatable bonds is 7. The van der Waals surface area contributed by atoms with Crippen molar-refractivity contribution in [2.75, 3.05) is 23.3 Å². The number of epoxide rings is 1. The third-order valence-electron chi connectivity index (χ3n) is 3.38. The van der Waals surface area contributed by atoms with Crippen LogP contribution < -0.4 is 9.46 Å². The molecule has 0 spiro atoms. The van der Waals surface area contributed by atoms with Crippen molar-refractivity contribution in [1.82, 2.24) is 0 Å². The van der Waals surface area contributed by atoms with Crippen molar-refractivity contribution in [3.63, 3.8) is 0 Å². The second-order valence-corrected chi connectivity index (χ2v) is 9.49. The molecular formula is C16H17NO6S2. The number of benzene rings is 2. The van der Waals surface area contributed by atoms with Crippen molar-refractivity contribution >= 4 is 25.5 Å². The van der Waals surface area contributed by atoms with E-state index < -0.39 is 19.9 Å². The van der Waals surface area contributed by atoms with Gasteiger partial charge in [-0.3, -0.25) is 4.72 Å². The lowest BCUT2D eigenvalue weighted by Gasteiger charge is -2.08. The molecule has 0 unspecified atom stereocenters. The van der Waals surface area contributed by atoms with Gasteiger partial charge in [-0.2, -0.15) is 0 Å². The minimum atomic E-state index is -3.36. The van der Waals surface area contributed by atoms with E-state index in [0.717, 1.165) is 6.26 Å². The van der Waals surface area contributed by atoms with Crippen molar-refractivity contribution in [3.8, 4) is 11.5 Å². The van der Waals surface area contributed by atoms with Gasteiger partial charge in [0.2, 0.25) is 10.0 Å². The summed E-state index contributed by atoms with van der Waals surface area (Å²) < 4.78 is 59.5. The summed E-state index contributed by atoms with van der Waals surface area (Å²) >= 11 is 0. The van der Waals surface area contributed by atoms with Gasteiger partial charge in [-0.25, -0.2) is 16.8 Å². The Hall–Kier alpha value is -2.10. The lowest BCUT2D eigenvalue weighted by atomic mass is 10.3. The Morgan fingerprint density at radius 1 is 1.00 bits per heavy atom. The fourth-order valence-electron chi connectivity index (χ4n) is 2.16. The normalized spacial score (nSPS) is 17.1. The van der Waals surface area contributed by atoms with Crippen LogP contribution in [0, 0.1) is 0 Å². The van der Waals surface area contributed by atoms with Gasteiger partial charge in [-0.05, 0) is 48.5 Å². The zero-order valence-electron chi connectivity index (χ0n) is 13.4. The molecule has 1 aliphatic heterocycles. The Morgan fingerprint density at radius 3 is 2.00 bits per heavy atom. The number of ether oxygens (including phenoxy) is 2. The Balaban J connectivity index is 1.67. The maximum Gasteiger partial charge on any atom is 0.229 e. The van der Waals surface area contributed by atoms with E-state index in [4.69, 9.17) is 9.47 Å². The number of nitrogens with one attached hydrogen (secondary N) is 1. The molecule has 9 heteroatoms. The van der Waals surface area contributed by atoms with Gasteiger partial charge in [0, 0.05) is 5.69 Å². The van der Waals surface area contributed by atoms with Crippen LogP contribution in [0.2, 0.25) is 0 Å². The second kappa shape index (κ2) is 6.66. The molecule has 1 saturated heterocycles. The van der Waals surface area contributed by atoms with Crippen LogP contribution in [0.15, 0.2) is 53.4 Å². The molecule has 2 aromatic rings. The van der Waals surface area contributed by atoms with Crippen LogP contribution >= 0.6 is 0 Å². The molecule has 0 radical (unpaired) electrons. The first kappa shape index (κ1) is 17.7. The summed E-state index contributed by atoms with van der Waals surface area (Å²) in [6.07, 6.45) is 0.877. The summed E-state index contributed by atoms with van der Waals surface area (Å²) in [5, 5.41) is 0. The summed E-state index contributed by atoms with van der Waals surface area (Å²) in [5.41, 5.74) is 0.429. The Labute approximate surface area is 146 Å². The lowest BCUT2D eigenvalue weighted by molar-refractivity contribution is 0.422. The first-order chi connectivity index (χ1) is 11.7. The standard InChI is InChI=1S/C16H17NO6S2/c1-24(18,19)17-12-2-4-13(5-3-12)23-14-6-8-16(9-7-14)25(20,21)11-15-10-22-15/h2-9,15,17H,10-11H2,1H3/t15-/m1/s1. The van der Waals surface area contributed by atoms with Gasteiger partial charge < -0.3 is 9.47 Å². The lowest BCUT2D eigenvalue weighted by Crippen LogP contribution is -2.11. The highest BCUT2D eigenvalue weighted by Gasteiger charge is 2.30. The fraction of sp³-hybridized carbons (Fsp3) is 0.250. The van der Waals surface area contributed by atoms with Gasteiger partial charge in [-0.1, -0.05) is 0 Å². The third kappa shape index (κ3) is 5.18. The maximum absolute atomic E-state index is 12.1. The quantitative estimate of drug-likeness (QED) is 0.734. The molecule has 25 heavy (non-hydrogen) atoms. The van der Waals surface area contributed by atoms with Crippen LogP contribution in [-0.2, 0) is 24.6 Å². The number of anilines is 1. The minimum Gasteiger partial charge on any atom is -0.457 e. The SMILES string of the molecule is CS(=O)(=O)Nc1ccc(Oc2ccc(S(=O)(=O)C[C@H]3CO3)cc2)cc1. The third-order valence-corrected chi connectivity index (χ3v) is 5.79. The summed E-state index contributed by atoms with van der Waals surface area (Å²) in [4.78, 5) is 0.225. The first-order valence-corrected chi connectivity index (χ1v) is 11.0. The number of sulfone groups is 1. The van der Waals surface area contributed by atoms with Gasteiger partial charge in [0.25, 0.3) is 0 Å². The topological polar surface area (TPSA) is 102 Å². The Kier molecular flexibility index (Phi) is 4.72. The van der Waals surface area contributed by atoms with Gasteiger partial charge in [0.1, 0.15) is 11.5 Å². The predicted octanol–water partition coefficient (Wildman–Crippen LogP) is 2.02. The highest BCUT2D eigenvalue weighted by molar-refractivity contribution is 7.92. The number of hydrogen-bond acceptors (Lipinski definition) is 6. The van der Waals surface area contributed by atoms with Crippen LogP contribution in [0.5, 0.6) is 11.5 Å². The molecule has 134 valence electrons. The van der Waals surface area contributed by atoms with E-state index in [0.29, 0.717) is 23.8 Å². The summed E-state index contributed by atoms with van der Waals surface area (Å²) in [5.74, 6) is 0.966. The van der Waals surface area contributed by atoms with Gasteiger partial charge in [-0.15, -0.1) is 0 Å². The molecule has 1 fully saturated rings. The number of sulfonamides is 1. The van der Waals surface area contributed by atoms with Gasteiger partial charge in [0.05, 0.1) is 29.6 Å². The predicted molar refractivity (Wildman–Crippen MR) is 93.2 cm³/mol. The number of hydrogen-bond donors (Lipinski definition) is 1. The zero-order valence-corrected chi connectivity index (χ0v) is 15.0.